The molecule has 2 N–H and O–H groups in total. The molecule has 8 heteroatoms. The van der Waals surface area contributed by atoms with Gasteiger partial charge in [-0.15, -0.1) is 11.3 Å². The molecule has 3 rings (SSSR count). The third-order valence-corrected chi connectivity index (χ3v) is 6.25. The topological polar surface area (TPSA) is 84.5 Å². The molecule has 3 aromatic rings. The first-order valence-electron chi connectivity index (χ1n) is 8.51. The molecule has 1 amide bonds. The lowest BCUT2D eigenvalue weighted by molar-refractivity contribution is -0.120. The second kappa shape index (κ2) is 8.90. The molecule has 146 valence electrons. The predicted octanol–water partition coefficient (Wildman–Crippen LogP) is 3.42. The molecule has 0 saturated heterocycles. The van der Waals surface area contributed by atoms with Crippen LogP contribution < -0.4 is 14.8 Å². The number of methoxy groups -OCH3 is 1. The molecule has 0 atom stereocenters. The van der Waals surface area contributed by atoms with E-state index < -0.39 is 10.0 Å². The summed E-state index contributed by atoms with van der Waals surface area (Å²) in [6.07, 6.45) is 0.233. The average Bonchev–Trinajstić information content (AvgIpc) is 3.21. The van der Waals surface area contributed by atoms with Gasteiger partial charge in [0.05, 0.1) is 25.0 Å². The normalized spacial score (nSPS) is 11.0. The van der Waals surface area contributed by atoms with Gasteiger partial charge in [-0.2, -0.15) is 0 Å². The number of rotatable bonds is 8. The molecular formula is C20H20N2O4S2. The zero-order valence-electron chi connectivity index (χ0n) is 15.2. The second-order valence-electron chi connectivity index (χ2n) is 6.01. The van der Waals surface area contributed by atoms with Gasteiger partial charge >= 0.3 is 0 Å². The molecule has 6 nitrogen and oxygen atoms in total. The predicted molar refractivity (Wildman–Crippen MR) is 110 cm³/mol. The number of carbonyl (C=O) groups excluding carboxylic acids is 1. The number of ether oxygens (including phenoxy) is 1. The summed E-state index contributed by atoms with van der Waals surface area (Å²) in [4.78, 5) is 13.3. The summed E-state index contributed by atoms with van der Waals surface area (Å²) < 4.78 is 32.5. The van der Waals surface area contributed by atoms with Crippen LogP contribution >= 0.6 is 11.3 Å². The number of carbonyl (C=O) groups is 1. The molecule has 0 fully saturated rings. The van der Waals surface area contributed by atoms with Gasteiger partial charge in [0.15, 0.2) is 0 Å². The molecule has 0 aliphatic rings. The van der Waals surface area contributed by atoms with Crippen molar-refractivity contribution in [3.63, 3.8) is 0 Å². The maximum Gasteiger partial charge on any atom is 0.261 e. The number of benzene rings is 2. The fraction of sp³-hybridized carbons (Fsp3) is 0.150. The van der Waals surface area contributed by atoms with Crippen molar-refractivity contribution in [3.05, 3.63) is 76.5 Å². The van der Waals surface area contributed by atoms with E-state index in [0.29, 0.717) is 18.0 Å². The Kier molecular flexibility index (Phi) is 6.33. The van der Waals surface area contributed by atoms with Gasteiger partial charge < -0.3 is 10.1 Å². The van der Waals surface area contributed by atoms with E-state index in [2.05, 4.69) is 10.0 Å². The number of nitrogens with one attached hydrogen (secondary N) is 2. The molecule has 0 spiro atoms. The fourth-order valence-electron chi connectivity index (χ4n) is 2.51. The van der Waals surface area contributed by atoms with Crippen LogP contribution in [-0.4, -0.2) is 21.4 Å². The van der Waals surface area contributed by atoms with Gasteiger partial charge in [0, 0.05) is 10.6 Å². The highest BCUT2D eigenvalue weighted by Gasteiger charge is 2.14. The van der Waals surface area contributed by atoms with Crippen molar-refractivity contribution in [2.75, 3.05) is 11.8 Å². The number of hydrogen-bond donors (Lipinski definition) is 2. The van der Waals surface area contributed by atoms with Crippen molar-refractivity contribution in [1.82, 2.24) is 5.32 Å². The molecule has 0 radical (unpaired) electrons. The highest BCUT2D eigenvalue weighted by atomic mass is 32.2. The first kappa shape index (κ1) is 19.9. The number of thiophene rings is 1. The van der Waals surface area contributed by atoms with E-state index >= 15 is 0 Å². The maximum atomic E-state index is 12.4. The summed E-state index contributed by atoms with van der Waals surface area (Å²) in [5.74, 6) is 0.501. The Bertz CT molecular complexity index is 1010. The van der Waals surface area contributed by atoms with Gasteiger partial charge in [-0.1, -0.05) is 18.2 Å². The van der Waals surface area contributed by atoms with E-state index in [4.69, 9.17) is 4.74 Å². The Morgan fingerprint density at radius 3 is 2.36 bits per heavy atom. The SMILES string of the molecule is COc1ccc(S(=O)(=O)Nc2ccc(CC(=O)NCc3cccs3)cc2)cc1. The van der Waals surface area contributed by atoms with Crippen LogP contribution in [0.5, 0.6) is 5.75 Å². The summed E-state index contributed by atoms with van der Waals surface area (Å²) in [6, 6.07) is 16.8. The quantitative estimate of drug-likeness (QED) is 0.589. The van der Waals surface area contributed by atoms with Crippen LogP contribution in [-0.2, 0) is 27.8 Å². The minimum atomic E-state index is -3.69. The number of anilines is 1. The van der Waals surface area contributed by atoms with Crippen LogP contribution in [0.1, 0.15) is 10.4 Å². The number of hydrogen-bond acceptors (Lipinski definition) is 5. The Hall–Kier alpha value is -2.84. The summed E-state index contributed by atoms with van der Waals surface area (Å²) in [6.45, 7) is 0.510. The van der Waals surface area contributed by atoms with Crippen LogP contribution in [0.15, 0.2) is 70.9 Å². The molecular weight excluding hydrogens is 396 g/mol. The summed E-state index contributed by atoms with van der Waals surface area (Å²) >= 11 is 1.59. The molecule has 0 aliphatic heterocycles. The van der Waals surface area contributed by atoms with Gasteiger partial charge in [-0.25, -0.2) is 8.42 Å². The summed E-state index contributed by atoms with van der Waals surface area (Å²) in [5.41, 5.74) is 1.23. The van der Waals surface area contributed by atoms with Gasteiger partial charge in [0.2, 0.25) is 5.91 Å². The van der Waals surface area contributed by atoms with Crippen LogP contribution in [0.3, 0.4) is 0 Å². The molecule has 0 bridgehead atoms. The van der Waals surface area contributed by atoms with E-state index in [1.807, 2.05) is 17.5 Å². The minimum absolute atomic E-state index is 0.0834. The zero-order chi connectivity index (χ0) is 20.0. The minimum Gasteiger partial charge on any atom is -0.497 e. The number of amides is 1. The maximum absolute atomic E-state index is 12.4. The van der Waals surface area contributed by atoms with Crippen molar-refractivity contribution in [1.29, 1.82) is 0 Å². The van der Waals surface area contributed by atoms with E-state index in [1.165, 1.54) is 19.2 Å². The van der Waals surface area contributed by atoms with E-state index in [9.17, 15) is 13.2 Å². The first-order chi connectivity index (χ1) is 13.5. The van der Waals surface area contributed by atoms with Gasteiger partial charge in [0.1, 0.15) is 5.75 Å². The van der Waals surface area contributed by atoms with Crippen molar-refractivity contribution in [3.8, 4) is 5.75 Å². The van der Waals surface area contributed by atoms with Crippen LogP contribution in [0.4, 0.5) is 5.69 Å². The Morgan fingerprint density at radius 1 is 1.04 bits per heavy atom. The summed E-state index contributed by atoms with van der Waals surface area (Å²) in [5, 5.41) is 4.83. The zero-order valence-corrected chi connectivity index (χ0v) is 16.8. The standard InChI is InChI=1S/C20H20N2O4S2/c1-26-17-8-10-19(11-9-17)28(24,25)22-16-6-4-15(5-7-16)13-20(23)21-14-18-3-2-12-27-18/h2-12,22H,13-14H2,1H3,(H,21,23). The third kappa shape index (κ3) is 5.34. The highest BCUT2D eigenvalue weighted by Crippen LogP contribution is 2.19. The first-order valence-corrected chi connectivity index (χ1v) is 10.9. The molecule has 0 unspecified atom stereocenters. The van der Waals surface area contributed by atoms with Crippen LogP contribution in [0.25, 0.3) is 0 Å². The monoisotopic (exact) mass is 416 g/mol. The van der Waals surface area contributed by atoms with E-state index in [-0.39, 0.29) is 17.2 Å². The lowest BCUT2D eigenvalue weighted by Crippen LogP contribution is -2.24. The third-order valence-electron chi connectivity index (χ3n) is 3.98. The smallest absolute Gasteiger partial charge is 0.261 e. The second-order valence-corrected chi connectivity index (χ2v) is 8.73. The Labute approximate surface area is 168 Å². The Morgan fingerprint density at radius 2 is 1.75 bits per heavy atom. The van der Waals surface area contributed by atoms with Crippen molar-refractivity contribution < 1.29 is 17.9 Å². The molecule has 2 aromatic carbocycles. The van der Waals surface area contributed by atoms with E-state index in [1.54, 1.807) is 47.7 Å². The highest BCUT2D eigenvalue weighted by molar-refractivity contribution is 7.92. The molecule has 28 heavy (non-hydrogen) atoms. The van der Waals surface area contributed by atoms with Gasteiger partial charge in [0.25, 0.3) is 10.0 Å². The molecule has 1 aromatic heterocycles. The van der Waals surface area contributed by atoms with Gasteiger partial charge in [-0.05, 0) is 53.4 Å². The van der Waals surface area contributed by atoms with Crippen LogP contribution in [0.2, 0.25) is 0 Å². The lowest BCUT2D eigenvalue weighted by atomic mass is 10.1. The molecule has 0 aliphatic carbocycles. The van der Waals surface area contributed by atoms with Gasteiger partial charge in [-0.3, -0.25) is 9.52 Å². The Balaban J connectivity index is 1.58. The van der Waals surface area contributed by atoms with Crippen LogP contribution in [0, 0.1) is 0 Å². The van der Waals surface area contributed by atoms with Crippen molar-refractivity contribution >= 4 is 33.0 Å². The fourth-order valence-corrected chi connectivity index (χ4v) is 4.21. The van der Waals surface area contributed by atoms with E-state index in [0.717, 1.165) is 10.4 Å². The largest absolute Gasteiger partial charge is 0.497 e. The molecule has 1 heterocycles. The molecule has 0 saturated carbocycles. The van der Waals surface area contributed by atoms with Crippen molar-refractivity contribution in [2.45, 2.75) is 17.9 Å². The lowest BCUT2D eigenvalue weighted by Gasteiger charge is -2.10. The average molecular weight is 417 g/mol. The summed E-state index contributed by atoms with van der Waals surface area (Å²) in [7, 11) is -2.17. The number of sulfonamides is 1. The van der Waals surface area contributed by atoms with Crippen molar-refractivity contribution in [2.24, 2.45) is 0 Å².